The van der Waals surface area contributed by atoms with E-state index in [2.05, 4.69) is 39.3 Å². The summed E-state index contributed by atoms with van der Waals surface area (Å²) in [5, 5.41) is 13.9. The van der Waals surface area contributed by atoms with Gasteiger partial charge in [-0.05, 0) is 19.2 Å². The van der Waals surface area contributed by atoms with Crippen molar-refractivity contribution in [1.29, 1.82) is 0 Å². The molecule has 1 aromatic rings. The molecule has 2 rings (SSSR count). The highest BCUT2D eigenvalue weighted by Crippen LogP contribution is 2.18. The minimum Gasteiger partial charge on any atom is -0.395 e. The molecule has 2 heterocycles. The van der Waals surface area contributed by atoms with Crippen molar-refractivity contribution in [2.45, 2.75) is 13.8 Å². The summed E-state index contributed by atoms with van der Waals surface area (Å²) in [5.74, 6) is 0.627. The second-order valence-corrected chi connectivity index (χ2v) is 6.51. The minimum absolute atomic E-state index is 0.0114. The van der Waals surface area contributed by atoms with Crippen molar-refractivity contribution in [3.63, 3.8) is 0 Å². The third kappa shape index (κ3) is 5.64. The summed E-state index contributed by atoms with van der Waals surface area (Å²) in [7, 11) is 3.73. The molecule has 154 valence electrons. The standard InChI is InChI=1S/C18H29N7O3/c1-5-25(6-2)8-7-24(4)17-19-13(11-14-16(27)22-18(28)20-14)12-15(21-17)23(3)9-10-26/h11-12,26H,5-10H2,1-4H3,(H2,20,22,27,28). The fourth-order valence-corrected chi connectivity index (χ4v) is 2.71. The van der Waals surface area contributed by atoms with Gasteiger partial charge in [0, 0.05) is 39.8 Å². The SMILES string of the molecule is CCN(CC)CCN(C)c1nc(C=C2NC(=O)NC2=O)cc(N(C)CCO)n1. The van der Waals surface area contributed by atoms with Crippen molar-refractivity contribution < 1.29 is 14.7 Å². The number of carbonyl (C=O) groups is 2. The molecule has 3 amide bonds. The number of hydrogen-bond acceptors (Lipinski definition) is 8. The number of aliphatic hydroxyl groups excluding tert-OH is 1. The van der Waals surface area contributed by atoms with Gasteiger partial charge in [0.1, 0.15) is 11.5 Å². The molecule has 28 heavy (non-hydrogen) atoms. The molecule has 1 fully saturated rings. The molecule has 0 unspecified atom stereocenters. The molecular formula is C18H29N7O3. The molecule has 1 aliphatic rings. The first-order valence-corrected chi connectivity index (χ1v) is 9.36. The number of rotatable bonds is 10. The number of aliphatic hydroxyl groups is 1. The van der Waals surface area contributed by atoms with Crippen LogP contribution in [0, 0.1) is 0 Å². The lowest BCUT2D eigenvalue weighted by Crippen LogP contribution is -2.34. The van der Waals surface area contributed by atoms with Crippen LogP contribution in [0.2, 0.25) is 0 Å². The van der Waals surface area contributed by atoms with Crippen LogP contribution in [0.5, 0.6) is 0 Å². The van der Waals surface area contributed by atoms with Gasteiger partial charge in [0.15, 0.2) is 0 Å². The molecule has 3 N–H and O–H groups in total. The molecule has 10 nitrogen and oxygen atoms in total. The van der Waals surface area contributed by atoms with E-state index in [1.165, 1.54) is 6.08 Å². The van der Waals surface area contributed by atoms with Gasteiger partial charge < -0.3 is 25.1 Å². The molecule has 10 heteroatoms. The largest absolute Gasteiger partial charge is 0.395 e. The van der Waals surface area contributed by atoms with E-state index < -0.39 is 11.9 Å². The number of nitrogens with zero attached hydrogens (tertiary/aromatic N) is 5. The van der Waals surface area contributed by atoms with Gasteiger partial charge in [-0.25, -0.2) is 9.78 Å². The second-order valence-electron chi connectivity index (χ2n) is 6.51. The summed E-state index contributed by atoms with van der Waals surface area (Å²) in [4.78, 5) is 38.3. The lowest BCUT2D eigenvalue weighted by molar-refractivity contribution is -0.115. The zero-order valence-corrected chi connectivity index (χ0v) is 16.9. The van der Waals surface area contributed by atoms with Crippen LogP contribution < -0.4 is 20.4 Å². The van der Waals surface area contributed by atoms with Crippen molar-refractivity contribution in [3.05, 3.63) is 17.5 Å². The van der Waals surface area contributed by atoms with E-state index in [4.69, 9.17) is 0 Å². The zero-order valence-electron chi connectivity index (χ0n) is 16.9. The molecular weight excluding hydrogens is 362 g/mol. The van der Waals surface area contributed by atoms with E-state index in [9.17, 15) is 14.7 Å². The van der Waals surface area contributed by atoms with Crippen molar-refractivity contribution in [2.75, 3.05) is 63.2 Å². The number of imide groups is 1. The van der Waals surface area contributed by atoms with E-state index in [0.29, 0.717) is 24.0 Å². The fourth-order valence-electron chi connectivity index (χ4n) is 2.71. The van der Waals surface area contributed by atoms with Crippen LogP contribution >= 0.6 is 0 Å². The van der Waals surface area contributed by atoms with Crippen molar-refractivity contribution >= 4 is 29.8 Å². The van der Waals surface area contributed by atoms with E-state index >= 15 is 0 Å². The van der Waals surface area contributed by atoms with Gasteiger partial charge in [-0.1, -0.05) is 13.8 Å². The zero-order chi connectivity index (χ0) is 20.7. The summed E-state index contributed by atoms with van der Waals surface area (Å²) in [5.41, 5.74) is 0.628. The monoisotopic (exact) mass is 391 g/mol. The third-order valence-electron chi connectivity index (χ3n) is 4.55. The summed E-state index contributed by atoms with van der Waals surface area (Å²) in [6.07, 6.45) is 1.51. The first-order valence-electron chi connectivity index (χ1n) is 9.36. The topological polar surface area (TPSA) is 114 Å². The van der Waals surface area contributed by atoms with Crippen LogP contribution in [0.25, 0.3) is 6.08 Å². The van der Waals surface area contributed by atoms with Gasteiger partial charge in [0.2, 0.25) is 5.95 Å². The van der Waals surface area contributed by atoms with E-state index in [1.54, 1.807) is 11.0 Å². The molecule has 0 bridgehead atoms. The Balaban J connectivity index is 2.30. The Labute approximate surface area is 165 Å². The van der Waals surface area contributed by atoms with Crippen molar-refractivity contribution in [2.24, 2.45) is 0 Å². The Morgan fingerprint density at radius 2 is 1.75 bits per heavy atom. The van der Waals surface area contributed by atoms with E-state index in [1.807, 2.05) is 19.0 Å². The van der Waals surface area contributed by atoms with Gasteiger partial charge in [0.05, 0.1) is 12.3 Å². The normalized spacial score (nSPS) is 15.1. The predicted molar refractivity (Wildman–Crippen MR) is 108 cm³/mol. The fraction of sp³-hybridized carbons (Fsp3) is 0.556. The summed E-state index contributed by atoms with van der Waals surface area (Å²) >= 11 is 0. The van der Waals surface area contributed by atoms with Crippen LogP contribution in [-0.2, 0) is 4.79 Å². The second kappa shape index (κ2) is 10.00. The highest BCUT2D eigenvalue weighted by atomic mass is 16.3. The molecule has 0 aliphatic carbocycles. The molecule has 0 spiro atoms. The van der Waals surface area contributed by atoms with Crippen LogP contribution in [0.1, 0.15) is 19.5 Å². The molecule has 0 atom stereocenters. The molecule has 0 aromatic carbocycles. The first-order chi connectivity index (χ1) is 13.4. The molecule has 1 aliphatic heterocycles. The lowest BCUT2D eigenvalue weighted by atomic mass is 10.3. The van der Waals surface area contributed by atoms with Gasteiger partial charge in [-0.3, -0.25) is 10.1 Å². The highest BCUT2D eigenvalue weighted by Gasteiger charge is 2.23. The quantitative estimate of drug-likeness (QED) is 0.373. The van der Waals surface area contributed by atoms with Crippen LogP contribution in [0.4, 0.5) is 16.6 Å². The Kier molecular flexibility index (Phi) is 7.70. The van der Waals surface area contributed by atoms with Crippen molar-refractivity contribution in [1.82, 2.24) is 25.5 Å². The number of aromatic nitrogens is 2. The highest BCUT2D eigenvalue weighted by molar-refractivity contribution is 6.13. The van der Waals surface area contributed by atoms with Gasteiger partial charge in [0.25, 0.3) is 5.91 Å². The smallest absolute Gasteiger partial charge is 0.326 e. The van der Waals surface area contributed by atoms with E-state index in [0.717, 1.165) is 26.2 Å². The summed E-state index contributed by atoms with van der Waals surface area (Å²) in [6.45, 7) is 8.19. The molecule has 1 aromatic heterocycles. The summed E-state index contributed by atoms with van der Waals surface area (Å²) in [6, 6.07) is 1.15. The first kappa shape index (κ1) is 21.6. The number of hydrogen-bond donors (Lipinski definition) is 3. The van der Waals surface area contributed by atoms with Crippen molar-refractivity contribution in [3.8, 4) is 0 Å². The molecule has 0 saturated carbocycles. The minimum atomic E-state index is -0.556. The number of nitrogens with one attached hydrogen (secondary N) is 2. The van der Waals surface area contributed by atoms with Gasteiger partial charge in [-0.2, -0.15) is 4.98 Å². The number of anilines is 2. The Hall–Kier alpha value is -2.72. The Morgan fingerprint density at radius 3 is 2.32 bits per heavy atom. The average Bonchev–Trinajstić information content (AvgIpc) is 2.99. The number of carbonyl (C=O) groups excluding carboxylic acids is 2. The molecule has 0 radical (unpaired) electrons. The van der Waals surface area contributed by atoms with Crippen LogP contribution in [-0.4, -0.2) is 85.3 Å². The maximum atomic E-state index is 11.8. The third-order valence-corrected chi connectivity index (χ3v) is 4.55. The van der Waals surface area contributed by atoms with Gasteiger partial charge in [-0.15, -0.1) is 0 Å². The maximum Gasteiger partial charge on any atom is 0.326 e. The number of amides is 3. The maximum absolute atomic E-state index is 11.8. The number of likely N-dealkylation sites (N-methyl/N-ethyl adjacent to an activating group) is 3. The molecule has 1 saturated heterocycles. The summed E-state index contributed by atoms with van der Waals surface area (Å²) < 4.78 is 0. The van der Waals surface area contributed by atoms with E-state index in [-0.39, 0.29) is 12.3 Å². The Bertz CT molecular complexity index is 734. The lowest BCUT2D eigenvalue weighted by Gasteiger charge is -2.25. The van der Waals surface area contributed by atoms with Crippen LogP contribution in [0.3, 0.4) is 0 Å². The predicted octanol–water partition coefficient (Wildman–Crippen LogP) is -0.137. The van der Waals surface area contributed by atoms with Gasteiger partial charge >= 0.3 is 6.03 Å². The number of urea groups is 1. The van der Waals surface area contributed by atoms with Crippen LogP contribution in [0.15, 0.2) is 11.8 Å². The Morgan fingerprint density at radius 1 is 1.04 bits per heavy atom. The average molecular weight is 391 g/mol.